The number of benzene rings is 1. The number of carbonyl (C=O) groups is 2. The first-order chi connectivity index (χ1) is 12.1. The van der Waals surface area contributed by atoms with Crippen LogP contribution in [0.1, 0.15) is 18.0 Å². The minimum absolute atomic E-state index is 0.143. The molecule has 2 aliphatic rings. The highest BCUT2D eigenvalue weighted by molar-refractivity contribution is 8.22. The Morgan fingerprint density at radius 3 is 2.64 bits per heavy atom. The van der Waals surface area contributed by atoms with Crippen LogP contribution in [0.4, 0.5) is 4.79 Å². The maximum atomic E-state index is 12.4. The van der Waals surface area contributed by atoms with E-state index in [1.807, 2.05) is 30.3 Å². The third-order valence-electron chi connectivity index (χ3n) is 4.23. The Kier molecular flexibility index (Phi) is 6.28. The number of ether oxygens (including phenoxy) is 1. The van der Waals surface area contributed by atoms with Crippen molar-refractivity contribution in [3.05, 3.63) is 35.9 Å². The van der Waals surface area contributed by atoms with E-state index in [4.69, 9.17) is 17.0 Å². The molecule has 1 N–H and O–H groups in total. The molecule has 3 amide bonds. The summed E-state index contributed by atoms with van der Waals surface area (Å²) in [4.78, 5) is 28.0. The van der Waals surface area contributed by atoms with Crippen molar-refractivity contribution in [3.63, 3.8) is 0 Å². The number of carbonyl (C=O) groups excluding carboxylic acids is 2. The highest BCUT2D eigenvalue weighted by Gasteiger charge is 2.32. The van der Waals surface area contributed by atoms with Gasteiger partial charge in [-0.25, -0.2) is 4.79 Å². The summed E-state index contributed by atoms with van der Waals surface area (Å²) < 4.78 is 6.11. The van der Waals surface area contributed by atoms with Crippen molar-refractivity contribution in [3.8, 4) is 0 Å². The molecule has 1 aromatic rings. The van der Waals surface area contributed by atoms with Crippen molar-refractivity contribution in [1.29, 1.82) is 0 Å². The first-order valence-corrected chi connectivity index (χ1v) is 9.70. The number of nitrogens with one attached hydrogen (secondary N) is 1. The van der Waals surface area contributed by atoms with Crippen LogP contribution in [-0.2, 0) is 9.53 Å². The molecular weight excluding hydrogens is 358 g/mol. The lowest BCUT2D eigenvalue weighted by atomic mass is 10.0. The fourth-order valence-electron chi connectivity index (χ4n) is 2.85. The van der Waals surface area contributed by atoms with Crippen LogP contribution in [0.5, 0.6) is 0 Å². The summed E-state index contributed by atoms with van der Waals surface area (Å²) in [6.07, 6.45) is 0.286. The van der Waals surface area contributed by atoms with E-state index in [-0.39, 0.29) is 24.4 Å². The lowest BCUT2D eigenvalue weighted by Gasteiger charge is -2.32. The van der Waals surface area contributed by atoms with Gasteiger partial charge in [0, 0.05) is 25.4 Å². The van der Waals surface area contributed by atoms with E-state index in [1.54, 1.807) is 0 Å². The van der Waals surface area contributed by atoms with Crippen LogP contribution in [0.25, 0.3) is 0 Å². The Labute approximate surface area is 156 Å². The molecule has 2 aliphatic heterocycles. The predicted octanol–water partition coefficient (Wildman–Crippen LogP) is 2.02. The van der Waals surface area contributed by atoms with Crippen LogP contribution in [0.2, 0.25) is 0 Å². The summed E-state index contributed by atoms with van der Waals surface area (Å²) in [5.74, 6) is 0.459. The van der Waals surface area contributed by atoms with Gasteiger partial charge in [-0.2, -0.15) is 0 Å². The quantitative estimate of drug-likeness (QED) is 0.808. The van der Waals surface area contributed by atoms with Gasteiger partial charge in [-0.1, -0.05) is 54.3 Å². The number of thioether (sulfide) groups is 1. The second-order valence-corrected chi connectivity index (χ2v) is 7.60. The lowest BCUT2D eigenvalue weighted by molar-refractivity contribution is -0.130. The molecule has 1 aromatic carbocycles. The van der Waals surface area contributed by atoms with Gasteiger partial charge in [-0.3, -0.25) is 9.69 Å². The van der Waals surface area contributed by atoms with E-state index in [2.05, 4.69) is 10.2 Å². The Morgan fingerprint density at radius 2 is 1.96 bits per heavy atom. The number of nitrogens with zero attached hydrogens (tertiary/aromatic N) is 2. The Bertz CT molecular complexity index is 617. The second-order valence-electron chi connectivity index (χ2n) is 5.88. The number of imide groups is 1. The number of thiocarbonyl (C=S) groups is 1. The predicted molar refractivity (Wildman–Crippen MR) is 101 cm³/mol. The van der Waals surface area contributed by atoms with Crippen molar-refractivity contribution >= 4 is 40.2 Å². The van der Waals surface area contributed by atoms with E-state index in [9.17, 15) is 9.59 Å². The third-order valence-corrected chi connectivity index (χ3v) is 5.74. The number of morpholine rings is 1. The normalized spacial score (nSPS) is 21.2. The summed E-state index contributed by atoms with van der Waals surface area (Å²) in [5, 5.41) is 2.91. The van der Waals surface area contributed by atoms with Gasteiger partial charge in [-0.05, 0) is 5.56 Å². The summed E-state index contributed by atoms with van der Waals surface area (Å²) in [7, 11) is 0. The van der Waals surface area contributed by atoms with E-state index in [1.165, 1.54) is 16.7 Å². The average molecular weight is 380 g/mol. The fraction of sp³-hybridized carbons (Fsp3) is 0.471. The molecule has 3 rings (SSSR count). The summed E-state index contributed by atoms with van der Waals surface area (Å²) >= 11 is 6.92. The Balaban J connectivity index is 1.48. The summed E-state index contributed by atoms with van der Waals surface area (Å²) in [5.41, 5.74) is 0.951. The minimum atomic E-state index is -0.331. The molecule has 8 heteroatoms. The zero-order valence-corrected chi connectivity index (χ0v) is 15.5. The maximum absolute atomic E-state index is 12.4. The smallest absolute Gasteiger partial charge is 0.324 e. The van der Waals surface area contributed by atoms with Crippen LogP contribution in [0, 0.1) is 0 Å². The molecule has 1 atom stereocenters. The molecule has 2 heterocycles. The zero-order chi connectivity index (χ0) is 17.6. The van der Waals surface area contributed by atoms with Crippen molar-refractivity contribution in [2.75, 3.05) is 38.6 Å². The molecule has 0 aliphatic carbocycles. The largest absolute Gasteiger partial charge is 0.378 e. The summed E-state index contributed by atoms with van der Waals surface area (Å²) in [6, 6.07) is 8.98. The molecule has 2 saturated heterocycles. The number of hydrogen-bond acceptors (Lipinski definition) is 5. The molecule has 0 aromatic heterocycles. The van der Waals surface area contributed by atoms with Crippen molar-refractivity contribution in [1.82, 2.24) is 15.1 Å². The van der Waals surface area contributed by atoms with Crippen molar-refractivity contribution in [2.45, 2.75) is 12.5 Å². The number of amides is 3. The van der Waals surface area contributed by atoms with E-state index in [0.717, 1.165) is 23.0 Å². The highest BCUT2D eigenvalue weighted by atomic mass is 32.2. The number of rotatable bonds is 4. The van der Waals surface area contributed by atoms with Gasteiger partial charge in [0.25, 0.3) is 0 Å². The average Bonchev–Trinajstić information content (AvgIpc) is 2.65. The minimum Gasteiger partial charge on any atom is -0.378 e. The number of urea groups is 1. The fourth-order valence-corrected chi connectivity index (χ4v) is 4.10. The van der Waals surface area contributed by atoms with E-state index < -0.39 is 0 Å². The Hall–Kier alpha value is -1.64. The van der Waals surface area contributed by atoms with Crippen molar-refractivity contribution < 1.29 is 14.3 Å². The van der Waals surface area contributed by atoms with Gasteiger partial charge < -0.3 is 15.0 Å². The van der Waals surface area contributed by atoms with Gasteiger partial charge in [-0.15, -0.1) is 0 Å². The molecule has 25 heavy (non-hydrogen) atoms. The number of hydrogen-bond donors (Lipinski definition) is 1. The first-order valence-electron chi connectivity index (χ1n) is 8.30. The molecule has 2 fully saturated rings. The van der Waals surface area contributed by atoms with E-state index >= 15 is 0 Å². The molecule has 134 valence electrons. The monoisotopic (exact) mass is 379 g/mol. The molecule has 1 unspecified atom stereocenters. The molecule has 0 radical (unpaired) electrons. The van der Waals surface area contributed by atoms with Crippen LogP contribution in [-0.4, -0.2) is 64.7 Å². The topological polar surface area (TPSA) is 61.9 Å². The Morgan fingerprint density at radius 1 is 1.24 bits per heavy atom. The van der Waals surface area contributed by atoms with E-state index in [0.29, 0.717) is 25.5 Å². The van der Waals surface area contributed by atoms with Gasteiger partial charge in [0.05, 0.1) is 25.7 Å². The standard InChI is InChI=1S/C17H21N3O3S2/c21-15-12-14(13-4-2-1-3-5-13)18-16(22)20(15)8-11-25-17(24)19-6-9-23-10-7-19/h1-5,14H,6-12H2,(H,18,22). The molecule has 0 saturated carbocycles. The van der Waals surface area contributed by atoms with Crippen LogP contribution in [0.15, 0.2) is 30.3 Å². The van der Waals surface area contributed by atoms with Gasteiger partial charge >= 0.3 is 6.03 Å². The van der Waals surface area contributed by atoms with Gasteiger partial charge in [0.15, 0.2) is 0 Å². The molecule has 0 bridgehead atoms. The van der Waals surface area contributed by atoms with Crippen LogP contribution < -0.4 is 5.32 Å². The maximum Gasteiger partial charge on any atom is 0.324 e. The SMILES string of the molecule is O=C1CC(c2ccccc2)NC(=O)N1CCSC(=S)N1CCOCC1. The summed E-state index contributed by atoms with van der Waals surface area (Å²) in [6.45, 7) is 3.34. The first kappa shape index (κ1) is 18.2. The van der Waals surface area contributed by atoms with Gasteiger partial charge in [0.1, 0.15) is 4.32 Å². The second kappa shape index (κ2) is 8.64. The molecule has 0 spiro atoms. The third kappa shape index (κ3) is 4.71. The van der Waals surface area contributed by atoms with Crippen LogP contribution in [0.3, 0.4) is 0 Å². The molecular formula is C17H21N3O3S2. The lowest BCUT2D eigenvalue weighted by Crippen LogP contribution is -2.52. The highest BCUT2D eigenvalue weighted by Crippen LogP contribution is 2.22. The van der Waals surface area contributed by atoms with Crippen molar-refractivity contribution in [2.24, 2.45) is 0 Å². The zero-order valence-electron chi connectivity index (χ0n) is 13.8. The van der Waals surface area contributed by atoms with Gasteiger partial charge in [0.2, 0.25) is 5.91 Å². The molecule has 6 nitrogen and oxygen atoms in total. The van der Waals surface area contributed by atoms with Crippen LogP contribution >= 0.6 is 24.0 Å².